The Morgan fingerprint density at radius 1 is 1.25 bits per heavy atom. The highest BCUT2D eigenvalue weighted by atomic mass is 16.4. The molecule has 5 heteroatoms. The third-order valence-electron chi connectivity index (χ3n) is 3.38. The minimum Gasteiger partial charge on any atom is -0.480 e. The quantitative estimate of drug-likeness (QED) is 0.846. The van der Waals surface area contributed by atoms with Crippen LogP contribution in [0.5, 0.6) is 0 Å². The number of aliphatic carboxylic acids is 1. The molecule has 0 aliphatic heterocycles. The number of benzene rings is 1. The van der Waals surface area contributed by atoms with Gasteiger partial charge in [0, 0.05) is 11.3 Å². The fourth-order valence-corrected chi connectivity index (χ4v) is 2.23. The number of carbonyl (C=O) groups is 1. The number of carboxylic acid groups (broad SMARTS) is 1. The minimum absolute atomic E-state index is 0.149. The first-order valence-corrected chi connectivity index (χ1v) is 6.88. The summed E-state index contributed by atoms with van der Waals surface area (Å²) in [6.07, 6.45) is 1.93. The Bertz CT molecular complexity index is 609. The van der Waals surface area contributed by atoms with Crippen LogP contribution in [0.1, 0.15) is 38.4 Å². The average Bonchev–Trinajstić information content (AvgIpc) is 2.46. The van der Waals surface area contributed by atoms with Crippen molar-refractivity contribution in [1.82, 2.24) is 9.97 Å². The molecule has 0 aliphatic rings. The molecule has 0 spiro atoms. The fourth-order valence-electron chi connectivity index (χ4n) is 2.23. The van der Waals surface area contributed by atoms with E-state index in [1.54, 1.807) is 0 Å². The molecule has 2 rings (SSSR count). The molecule has 5 nitrogen and oxygen atoms in total. The molecule has 0 atom stereocenters. The lowest BCUT2D eigenvalue weighted by atomic mass is 10.0. The van der Waals surface area contributed by atoms with E-state index >= 15 is 0 Å². The molecular formula is C15H19N3O2. The second kappa shape index (κ2) is 6.32. The Labute approximate surface area is 118 Å². The van der Waals surface area contributed by atoms with Gasteiger partial charge < -0.3 is 10.4 Å². The molecule has 0 saturated heterocycles. The summed E-state index contributed by atoms with van der Waals surface area (Å²) in [6, 6.07) is 7.65. The molecule has 0 amide bonds. The molecule has 0 saturated carbocycles. The van der Waals surface area contributed by atoms with Gasteiger partial charge in [-0.3, -0.25) is 4.79 Å². The van der Waals surface area contributed by atoms with Gasteiger partial charge in [0.25, 0.3) is 0 Å². The number of nitrogens with zero attached hydrogens (tertiary/aromatic N) is 2. The second-order valence-electron chi connectivity index (χ2n) is 4.71. The van der Waals surface area contributed by atoms with Crippen LogP contribution >= 0.6 is 0 Å². The molecule has 0 aliphatic carbocycles. The van der Waals surface area contributed by atoms with Crippen molar-refractivity contribution in [2.45, 2.75) is 32.6 Å². The Morgan fingerprint density at radius 2 is 1.95 bits per heavy atom. The van der Waals surface area contributed by atoms with Crippen molar-refractivity contribution in [2.24, 2.45) is 0 Å². The minimum atomic E-state index is -0.906. The maximum atomic E-state index is 10.7. The highest BCUT2D eigenvalue weighted by Gasteiger charge is 2.14. The van der Waals surface area contributed by atoms with Crippen LogP contribution in [0.2, 0.25) is 0 Å². The van der Waals surface area contributed by atoms with E-state index in [0.717, 1.165) is 29.6 Å². The molecule has 2 N–H and O–H groups in total. The number of aromatic nitrogens is 2. The number of hydrogen-bond acceptors (Lipinski definition) is 4. The average molecular weight is 273 g/mol. The van der Waals surface area contributed by atoms with Crippen molar-refractivity contribution in [3.05, 3.63) is 30.1 Å². The van der Waals surface area contributed by atoms with E-state index in [-0.39, 0.29) is 6.54 Å². The molecule has 1 heterocycles. The van der Waals surface area contributed by atoms with Gasteiger partial charge in [0.1, 0.15) is 18.2 Å². The predicted molar refractivity (Wildman–Crippen MR) is 79.0 cm³/mol. The Kier molecular flexibility index (Phi) is 4.50. The number of para-hydroxylation sites is 1. The van der Waals surface area contributed by atoms with Gasteiger partial charge in [-0.2, -0.15) is 0 Å². The zero-order valence-corrected chi connectivity index (χ0v) is 11.8. The zero-order chi connectivity index (χ0) is 14.5. The molecule has 106 valence electrons. The monoisotopic (exact) mass is 273 g/mol. The number of fused-ring (bicyclic) bond motifs is 1. The van der Waals surface area contributed by atoms with Gasteiger partial charge in [0.15, 0.2) is 0 Å². The molecule has 1 aromatic carbocycles. The Balaban J connectivity index is 2.48. The first-order chi connectivity index (χ1) is 9.65. The lowest BCUT2D eigenvalue weighted by Gasteiger charge is -2.14. The molecule has 1 aromatic heterocycles. The first kappa shape index (κ1) is 14.2. The third kappa shape index (κ3) is 3.04. The van der Waals surface area contributed by atoms with Crippen molar-refractivity contribution >= 4 is 22.7 Å². The Morgan fingerprint density at radius 3 is 2.60 bits per heavy atom. The van der Waals surface area contributed by atoms with Gasteiger partial charge in [-0.25, -0.2) is 9.97 Å². The van der Waals surface area contributed by atoms with Gasteiger partial charge in [0.05, 0.1) is 5.52 Å². The highest BCUT2D eigenvalue weighted by Crippen LogP contribution is 2.26. The highest BCUT2D eigenvalue weighted by molar-refractivity contribution is 5.90. The topological polar surface area (TPSA) is 75.1 Å². The van der Waals surface area contributed by atoms with Crippen LogP contribution in [0, 0.1) is 0 Å². The zero-order valence-electron chi connectivity index (χ0n) is 11.8. The molecular weight excluding hydrogens is 254 g/mol. The smallest absolute Gasteiger partial charge is 0.322 e. The molecule has 0 bridgehead atoms. The normalized spacial score (nSPS) is 10.9. The summed E-state index contributed by atoms with van der Waals surface area (Å²) in [5.41, 5.74) is 0.845. The van der Waals surface area contributed by atoms with E-state index in [4.69, 9.17) is 5.11 Å². The Hall–Kier alpha value is -2.17. The van der Waals surface area contributed by atoms with Gasteiger partial charge in [-0.1, -0.05) is 26.0 Å². The van der Waals surface area contributed by atoms with Gasteiger partial charge in [-0.15, -0.1) is 0 Å². The van der Waals surface area contributed by atoms with Crippen molar-refractivity contribution in [2.75, 3.05) is 11.9 Å². The van der Waals surface area contributed by atoms with E-state index < -0.39 is 5.97 Å². The van der Waals surface area contributed by atoms with Crippen LogP contribution in [0.25, 0.3) is 10.9 Å². The molecule has 0 unspecified atom stereocenters. The summed E-state index contributed by atoms with van der Waals surface area (Å²) < 4.78 is 0. The van der Waals surface area contributed by atoms with E-state index in [1.165, 1.54) is 0 Å². The summed E-state index contributed by atoms with van der Waals surface area (Å²) in [4.78, 5) is 19.9. The number of anilines is 1. The van der Waals surface area contributed by atoms with Crippen LogP contribution in [-0.4, -0.2) is 27.6 Å². The predicted octanol–water partition coefficient (Wildman–Crippen LogP) is 3.03. The van der Waals surface area contributed by atoms with Crippen LogP contribution < -0.4 is 5.32 Å². The maximum absolute atomic E-state index is 10.7. The van der Waals surface area contributed by atoms with Gasteiger partial charge >= 0.3 is 5.97 Å². The van der Waals surface area contributed by atoms with Crippen molar-refractivity contribution < 1.29 is 9.90 Å². The van der Waals surface area contributed by atoms with Crippen LogP contribution in [0.3, 0.4) is 0 Å². The van der Waals surface area contributed by atoms with E-state index in [1.807, 2.05) is 24.3 Å². The molecule has 0 fully saturated rings. The fraction of sp³-hybridized carbons (Fsp3) is 0.400. The van der Waals surface area contributed by atoms with E-state index in [2.05, 4.69) is 29.1 Å². The number of rotatable bonds is 6. The van der Waals surface area contributed by atoms with E-state index in [0.29, 0.717) is 11.7 Å². The van der Waals surface area contributed by atoms with Gasteiger partial charge in [-0.05, 0) is 25.0 Å². The van der Waals surface area contributed by atoms with Gasteiger partial charge in [0.2, 0.25) is 0 Å². The van der Waals surface area contributed by atoms with Crippen LogP contribution in [0.15, 0.2) is 24.3 Å². The third-order valence-corrected chi connectivity index (χ3v) is 3.38. The summed E-state index contributed by atoms with van der Waals surface area (Å²) in [7, 11) is 0. The lowest BCUT2D eigenvalue weighted by molar-refractivity contribution is -0.134. The van der Waals surface area contributed by atoms with Crippen LogP contribution in [0.4, 0.5) is 5.82 Å². The standard InChI is InChI=1S/C15H19N3O2/c1-3-10(4-2)14-17-12-8-6-5-7-11(12)15(18-14)16-9-13(19)20/h5-8,10H,3-4,9H2,1-2H3,(H,19,20)(H,16,17,18). The summed E-state index contributed by atoms with van der Waals surface area (Å²) in [5.74, 6) is 0.767. The van der Waals surface area contributed by atoms with Crippen molar-refractivity contribution in [3.8, 4) is 0 Å². The van der Waals surface area contributed by atoms with Crippen molar-refractivity contribution in [1.29, 1.82) is 0 Å². The summed E-state index contributed by atoms with van der Waals surface area (Å²) >= 11 is 0. The van der Waals surface area contributed by atoms with E-state index in [9.17, 15) is 4.79 Å². The van der Waals surface area contributed by atoms with Crippen molar-refractivity contribution in [3.63, 3.8) is 0 Å². The number of carboxylic acids is 1. The number of hydrogen-bond donors (Lipinski definition) is 2. The van der Waals surface area contributed by atoms with Crippen LogP contribution in [-0.2, 0) is 4.79 Å². The summed E-state index contributed by atoms with van der Waals surface area (Å²) in [5, 5.41) is 12.5. The lowest BCUT2D eigenvalue weighted by Crippen LogP contribution is -2.15. The summed E-state index contributed by atoms with van der Waals surface area (Å²) in [6.45, 7) is 4.07. The molecule has 0 radical (unpaired) electrons. The molecule has 2 aromatic rings. The second-order valence-corrected chi connectivity index (χ2v) is 4.71. The largest absolute Gasteiger partial charge is 0.480 e. The molecule has 20 heavy (non-hydrogen) atoms. The first-order valence-electron chi connectivity index (χ1n) is 6.88. The number of nitrogens with one attached hydrogen (secondary N) is 1. The SMILES string of the molecule is CCC(CC)c1nc(NCC(=O)O)c2ccccc2n1. The maximum Gasteiger partial charge on any atom is 0.322 e.